The van der Waals surface area contributed by atoms with Crippen LogP contribution in [0.3, 0.4) is 0 Å². The van der Waals surface area contributed by atoms with Gasteiger partial charge in [-0.2, -0.15) is 14.3 Å². The molecule has 0 aliphatic carbocycles. The summed E-state index contributed by atoms with van der Waals surface area (Å²) < 4.78 is 29.2. The third-order valence-corrected chi connectivity index (χ3v) is 4.40. The van der Waals surface area contributed by atoms with Gasteiger partial charge in [-0.1, -0.05) is 17.7 Å². The number of anilines is 1. The Bertz CT molecular complexity index is 1110. The summed E-state index contributed by atoms with van der Waals surface area (Å²) in [5.41, 5.74) is 0.307. The lowest BCUT2D eigenvalue weighted by Crippen LogP contribution is -2.44. The molecule has 0 atom stereocenters. The summed E-state index contributed by atoms with van der Waals surface area (Å²) in [6.45, 7) is 5.14. The Hall–Kier alpha value is -3.00. The molecule has 0 fully saturated rings. The number of rotatable bonds is 3. The topological polar surface area (TPSA) is 60.1 Å². The maximum Gasteiger partial charge on any atom is 0.358 e. The van der Waals surface area contributed by atoms with Gasteiger partial charge in [-0.15, -0.1) is 0 Å². The van der Waals surface area contributed by atoms with E-state index in [1.54, 1.807) is 32.0 Å². The Kier molecular flexibility index (Phi) is 5.33. The maximum atomic E-state index is 14.2. The van der Waals surface area contributed by atoms with E-state index < -0.39 is 29.4 Å². The second kappa shape index (κ2) is 7.55. The average Bonchev–Trinajstić information content (AvgIpc) is 2.98. The van der Waals surface area contributed by atoms with Crippen LogP contribution in [-0.4, -0.2) is 26.4 Å². The minimum absolute atomic E-state index is 0.144. The van der Waals surface area contributed by atoms with Crippen LogP contribution in [0.2, 0.25) is 5.02 Å². The molecule has 6 nitrogen and oxygen atoms in total. The van der Waals surface area contributed by atoms with E-state index in [1.807, 2.05) is 6.92 Å². The maximum absolute atomic E-state index is 14.2. The predicted molar refractivity (Wildman–Crippen MR) is 102 cm³/mol. The summed E-state index contributed by atoms with van der Waals surface area (Å²) >= 11 is 6.18. The Morgan fingerprint density at radius 3 is 2.50 bits per heavy atom. The van der Waals surface area contributed by atoms with Gasteiger partial charge in [-0.05, 0) is 50.6 Å². The van der Waals surface area contributed by atoms with Crippen LogP contribution < -0.4 is 10.6 Å². The summed E-state index contributed by atoms with van der Waals surface area (Å²) in [5.74, 6) is -1.68. The lowest BCUT2D eigenvalue weighted by atomic mass is 10.2. The van der Waals surface area contributed by atoms with Crippen molar-refractivity contribution in [2.75, 3.05) is 4.90 Å². The molecule has 0 bridgehead atoms. The molecule has 3 rings (SSSR count). The highest BCUT2D eigenvalue weighted by atomic mass is 35.5. The molecule has 146 valence electrons. The van der Waals surface area contributed by atoms with Crippen molar-refractivity contribution in [3.05, 3.63) is 75.4 Å². The summed E-state index contributed by atoms with van der Waals surface area (Å²) in [4.78, 5) is 26.8. The van der Waals surface area contributed by atoms with Crippen molar-refractivity contribution in [1.29, 1.82) is 0 Å². The van der Waals surface area contributed by atoms with Crippen molar-refractivity contribution in [2.45, 2.75) is 26.8 Å². The fourth-order valence-corrected chi connectivity index (χ4v) is 3.09. The molecule has 0 radical (unpaired) electrons. The van der Waals surface area contributed by atoms with Crippen LogP contribution in [-0.2, 0) is 0 Å². The normalized spacial score (nSPS) is 11.1. The molecule has 9 heteroatoms. The van der Waals surface area contributed by atoms with E-state index in [4.69, 9.17) is 11.6 Å². The number of aromatic nitrogens is 3. The number of carbonyl (C=O) groups excluding carboxylic acids is 1. The zero-order valence-electron chi connectivity index (χ0n) is 15.4. The third kappa shape index (κ3) is 3.55. The molecule has 0 spiro atoms. The molecule has 0 aliphatic heterocycles. The van der Waals surface area contributed by atoms with Gasteiger partial charge in [0.25, 0.3) is 0 Å². The van der Waals surface area contributed by atoms with Crippen LogP contribution >= 0.6 is 11.6 Å². The average molecular weight is 407 g/mol. The number of hydrogen-bond donors (Lipinski definition) is 0. The summed E-state index contributed by atoms with van der Waals surface area (Å²) in [6.07, 6.45) is 1.04. The highest BCUT2D eigenvalue weighted by Gasteiger charge is 2.26. The van der Waals surface area contributed by atoms with Crippen LogP contribution in [0.4, 0.5) is 19.3 Å². The van der Waals surface area contributed by atoms with Gasteiger partial charge in [0.15, 0.2) is 0 Å². The predicted octanol–water partition coefficient (Wildman–Crippen LogP) is 4.16. The Morgan fingerprint density at radius 2 is 1.89 bits per heavy atom. The monoisotopic (exact) mass is 406 g/mol. The largest absolute Gasteiger partial charge is 0.358 e. The summed E-state index contributed by atoms with van der Waals surface area (Å²) in [5, 5.41) is 4.25. The molecule has 0 unspecified atom stereocenters. The molecule has 0 aliphatic rings. The standard InChI is InChI=1S/C19H17ClF2N4O2/c1-11(2)25(17-7-5-13(21)9-15(17)22)18(27)24-10-23-26(19(24)28)16-6-4-12(3)8-14(16)20/h4-11H,1-3H3. The zero-order chi connectivity index (χ0) is 20.6. The highest BCUT2D eigenvalue weighted by Crippen LogP contribution is 2.24. The van der Waals surface area contributed by atoms with Gasteiger partial charge in [0.05, 0.1) is 16.4 Å². The number of halogens is 3. The first-order valence-corrected chi connectivity index (χ1v) is 8.80. The Balaban J connectivity index is 2.06. The summed E-state index contributed by atoms with van der Waals surface area (Å²) in [7, 11) is 0. The van der Waals surface area contributed by atoms with Gasteiger partial charge in [0.1, 0.15) is 18.0 Å². The fraction of sp³-hybridized carbons (Fsp3) is 0.211. The first kappa shape index (κ1) is 19.8. The second-order valence-corrected chi connectivity index (χ2v) is 6.90. The zero-order valence-corrected chi connectivity index (χ0v) is 16.1. The van der Waals surface area contributed by atoms with E-state index in [0.29, 0.717) is 16.8 Å². The SMILES string of the molecule is Cc1ccc(-n2ncn(C(=O)N(c3ccc(F)cc3F)C(C)C)c2=O)c(Cl)c1. The molecule has 2 aromatic carbocycles. The van der Waals surface area contributed by atoms with Crippen LogP contribution in [0.25, 0.3) is 5.69 Å². The van der Waals surface area contributed by atoms with Crippen molar-refractivity contribution in [1.82, 2.24) is 14.3 Å². The lowest BCUT2D eigenvalue weighted by Gasteiger charge is -2.26. The third-order valence-electron chi connectivity index (χ3n) is 4.10. The number of benzene rings is 2. The van der Waals surface area contributed by atoms with Crippen molar-refractivity contribution >= 4 is 23.3 Å². The van der Waals surface area contributed by atoms with Gasteiger partial charge < -0.3 is 0 Å². The minimum Gasteiger partial charge on any atom is -0.288 e. The van der Waals surface area contributed by atoms with Crippen LogP contribution in [0.15, 0.2) is 47.5 Å². The molecule has 1 heterocycles. The van der Waals surface area contributed by atoms with Crippen LogP contribution in [0.1, 0.15) is 19.4 Å². The molecule has 0 saturated heterocycles. The van der Waals surface area contributed by atoms with E-state index in [1.165, 1.54) is 0 Å². The second-order valence-electron chi connectivity index (χ2n) is 6.49. The first-order valence-electron chi connectivity index (χ1n) is 8.42. The molecule has 1 aromatic heterocycles. The molecule has 3 aromatic rings. The van der Waals surface area contributed by atoms with E-state index in [2.05, 4.69) is 5.10 Å². The molecular formula is C19H17ClF2N4O2. The number of hydrogen-bond acceptors (Lipinski definition) is 3. The smallest absolute Gasteiger partial charge is 0.288 e. The number of amides is 1. The minimum atomic E-state index is -0.913. The van der Waals surface area contributed by atoms with Crippen molar-refractivity contribution in [3.8, 4) is 5.69 Å². The molecular weight excluding hydrogens is 390 g/mol. The Morgan fingerprint density at radius 1 is 1.18 bits per heavy atom. The van der Waals surface area contributed by atoms with Gasteiger partial charge in [0, 0.05) is 12.1 Å². The number of carbonyl (C=O) groups is 1. The molecule has 28 heavy (non-hydrogen) atoms. The van der Waals surface area contributed by atoms with E-state index in [-0.39, 0.29) is 5.69 Å². The van der Waals surface area contributed by atoms with E-state index in [9.17, 15) is 18.4 Å². The number of aryl methyl sites for hydroxylation is 1. The Labute approximate surface area is 164 Å². The molecule has 0 N–H and O–H groups in total. The van der Waals surface area contributed by atoms with Gasteiger partial charge in [0.2, 0.25) is 0 Å². The summed E-state index contributed by atoms with van der Waals surface area (Å²) in [6, 6.07) is 6.57. The van der Waals surface area contributed by atoms with Gasteiger partial charge in [-0.25, -0.2) is 18.4 Å². The first-order chi connectivity index (χ1) is 13.2. The van der Waals surface area contributed by atoms with Crippen LogP contribution in [0, 0.1) is 18.6 Å². The quantitative estimate of drug-likeness (QED) is 0.656. The van der Waals surface area contributed by atoms with Crippen molar-refractivity contribution in [2.24, 2.45) is 0 Å². The fourth-order valence-electron chi connectivity index (χ4n) is 2.78. The van der Waals surface area contributed by atoms with Gasteiger partial charge in [-0.3, -0.25) is 4.90 Å². The van der Waals surface area contributed by atoms with E-state index in [0.717, 1.165) is 38.2 Å². The van der Waals surface area contributed by atoms with Gasteiger partial charge >= 0.3 is 11.7 Å². The van der Waals surface area contributed by atoms with Crippen molar-refractivity contribution < 1.29 is 13.6 Å². The van der Waals surface area contributed by atoms with E-state index >= 15 is 0 Å². The lowest BCUT2D eigenvalue weighted by molar-refractivity contribution is 0.245. The van der Waals surface area contributed by atoms with Crippen LogP contribution in [0.5, 0.6) is 0 Å². The van der Waals surface area contributed by atoms with Crippen molar-refractivity contribution in [3.63, 3.8) is 0 Å². The molecule has 0 saturated carbocycles. The highest BCUT2D eigenvalue weighted by molar-refractivity contribution is 6.32. The number of nitrogens with zero attached hydrogens (tertiary/aromatic N) is 4. The molecule has 1 amide bonds.